The second kappa shape index (κ2) is 3.82. The summed E-state index contributed by atoms with van der Waals surface area (Å²) in [6.07, 6.45) is 7.23. The average molecular weight is 183 g/mol. The molecule has 0 bridgehead atoms. The van der Waals surface area contributed by atoms with Gasteiger partial charge < -0.3 is 5.73 Å². The van der Waals surface area contributed by atoms with Gasteiger partial charge in [-0.3, -0.25) is 0 Å². The van der Waals surface area contributed by atoms with Crippen LogP contribution in [-0.4, -0.2) is 6.26 Å². The van der Waals surface area contributed by atoms with Crippen molar-refractivity contribution in [2.75, 3.05) is 6.26 Å². The minimum absolute atomic E-state index is 0.247. The zero-order chi connectivity index (χ0) is 8.27. The molecule has 1 atom stereocenters. The van der Waals surface area contributed by atoms with Crippen molar-refractivity contribution in [3.05, 3.63) is 16.3 Å². The molecule has 0 saturated carbocycles. The molecule has 0 radical (unpaired) electrons. The Morgan fingerprint density at radius 2 is 2.45 bits per heavy atom. The molecule has 0 aliphatic carbocycles. The van der Waals surface area contributed by atoms with Crippen LogP contribution in [0.3, 0.4) is 0 Å². The van der Waals surface area contributed by atoms with Crippen LogP contribution in [0.1, 0.15) is 11.6 Å². The van der Waals surface area contributed by atoms with Crippen molar-refractivity contribution < 1.29 is 0 Å². The number of hydrogen-bond donors (Lipinski definition) is 1. The number of thioether (sulfide) groups is 1. The van der Waals surface area contributed by atoms with Crippen molar-refractivity contribution in [1.29, 1.82) is 0 Å². The van der Waals surface area contributed by atoms with E-state index in [2.05, 4.69) is 11.3 Å². The SMILES string of the molecule is C#CC(N)c1cscc1SC. The summed E-state index contributed by atoms with van der Waals surface area (Å²) in [5, 5.41) is 4.08. The van der Waals surface area contributed by atoms with Crippen LogP contribution in [0.5, 0.6) is 0 Å². The highest BCUT2D eigenvalue weighted by atomic mass is 32.2. The van der Waals surface area contributed by atoms with Crippen LogP contribution in [0.2, 0.25) is 0 Å². The Morgan fingerprint density at radius 3 is 3.00 bits per heavy atom. The Hall–Kier alpha value is -0.430. The molecule has 1 nitrogen and oxygen atoms in total. The van der Waals surface area contributed by atoms with Crippen LogP contribution in [0.15, 0.2) is 15.7 Å². The smallest absolute Gasteiger partial charge is 0.0937 e. The third-order valence-electron chi connectivity index (χ3n) is 1.39. The molecule has 0 saturated heterocycles. The van der Waals surface area contributed by atoms with E-state index in [1.54, 1.807) is 23.1 Å². The van der Waals surface area contributed by atoms with Gasteiger partial charge in [0.25, 0.3) is 0 Å². The van der Waals surface area contributed by atoms with Crippen LogP contribution in [0.25, 0.3) is 0 Å². The summed E-state index contributed by atoms with van der Waals surface area (Å²) >= 11 is 3.32. The molecule has 0 aliphatic heterocycles. The van der Waals surface area contributed by atoms with Crippen LogP contribution < -0.4 is 5.73 Å². The highest BCUT2D eigenvalue weighted by Crippen LogP contribution is 2.27. The van der Waals surface area contributed by atoms with Crippen molar-refractivity contribution >= 4 is 23.1 Å². The van der Waals surface area contributed by atoms with E-state index in [4.69, 9.17) is 12.2 Å². The van der Waals surface area contributed by atoms with Crippen molar-refractivity contribution in [1.82, 2.24) is 0 Å². The Morgan fingerprint density at radius 1 is 1.73 bits per heavy atom. The maximum atomic E-state index is 5.67. The van der Waals surface area contributed by atoms with Gasteiger partial charge in [0, 0.05) is 15.8 Å². The zero-order valence-corrected chi connectivity index (χ0v) is 7.84. The van der Waals surface area contributed by atoms with E-state index in [0.717, 1.165) is 5.56 Å². The maximum Gasteiger partial charge on any atom is 0.0937 e. The summed E-state index contributed by atoms with van der Waals surface area (Å²) in [6, 6.07) is -0.247. The Labute approximate surface area is 75.0 Å². The molecule has 0 fully saturated rings. The fraction of sp³-hybridized carbons (Fsp3) is 0.250. The maximum absolute atomic E-state index is 5.67. The van der Waals surface area contributed by atoms with E-state index in [-0.39, 0.29) is 6.04 Å². The molecule has 1 aromatic heterocycles. The zero-order valence-electron chi connectivity index (χ0n) is 6.20. The predicted octanol–water partition coefficient (Wildman–Crippen LogP) is 2.10. The molecule has 0 amide bonds. The molecule has 0 aromatic carbocycles. The molecule has 1 heterocycles. The first-order valence-corrected chi connectivity index (χ1v) is 5.28. The fourth-order valence-corrected chi connectivity index (χ4v) is 2.57. The van der Waals surface area contributed by atoms with E-state index in [1.165, 1.54) is 4.90 Å². The van der Waals surface area contributed by atoms with Gasteiger partial charge in [-0.15, -0.1) is 18.2 Å². The van der Waals surface area contributed by atoms with Crippen molar-refractivity contribution in [3.8, 4) is 12.3 Å². The molecule has 0 spiro atoms. The molecule has 1 rings (SSSR count). The van der Waals surface area contributed by atoms with Gasteiger partial charge in [-0.2, -0.15) is 11.3 Å². The quantitative estimate of drug-likeness (QED) is 0.561. The van der Waals surface area contributed by atoms with E-state index >= 15 is 0 Å². The normalized spacial score (nSPS) is 12.5. The Kier molecular flexibility index (Phi) is 3.01. The van der Waals surface area contributed by atoms with Gasteiger partial charge in [0.05, 0.1) is 6.04 Å². The molecule has 2 N–H and O–H groups in total. The third-order valence-corrected chi connectivity index (χ3v) is 3.09. The van der Waals surface area contributed by atoms with Gasteiger partial charge in [0.15, 0.2) is 0 Å². The molecule has 58 valence electrons. The van der Waals surface area contributed by atoms with Crippen LogP contribution in [0.4, 0.5) is 0 Å². The average Bonchev–Trinajstić information content (AvgIpc) is 2.50. The molecule has 1 aromatic rings. The van der Waals surface area contributed by atoms with Gasteiger partial charge in [-0.25, -0.2) is 0 Å². The van der Waals surface area contributed by atoms with Crippen molar-refractivity contribution in [2.24, 2.45) is 5.73 Å². The second-order valence-electron chi connectivity index (χ2n) is 2.04. The largest absolute Gasteiger partial charge is 0.314 e. The van der Waals surface area contributed by atoms with Gasteiger partial charge in [-0.05, 0) is 11.6 Å². The van der Waals surface area contributed by atoms with Crippen LogP contribution in [-0.2, 0) is 0 Å². The predicted molar refractivity (Wildman–Crippen MR) is 51.9 cm³/mol. The van der Waals surface area contributed by atoms with E-state index < -0.39 is 0 Å². The third kappa shape index (κ3) is 1.78. The highest BCUT2D eigenvalue weighted by Gasteiger charge is 2.07. The lowest BCUT2D eigenvalue weighted by atomic mass is 10.2. The molecular formula is C8H9NS2. The second-order valence-corrected chi connectivity index (χ2v) is 3.63. The van der Waals surface area contributed by atoms with E-state index in [0.29, 0.717) is 0 Å². The number of terminal acetylenes is 1. The summed E-state index contributed by atoms with van der Waals surface area (Å²) in [5.41, 5.74) is 6.75. The molecule has 1 unspecified atom stereocenters. The topological polar surface area (TPSA) is 26.0 Å². The van der Waals surface area contributed by atoms with Gasteiger partial charge >= 0.3 is 0 Å². The highest BCUT2D eigenvalue weighted by molar-refractivity contribution is 7.98. The number of hydrogen-bond acceptors (Lipinski definition) is 3. The lowest BCUT2D eigenvalue weighted by Gasteiger charge is -2.02. The van der Waals surface area contributed by atoms with Crippen LogP contribution >= 0.6 is 23.1 Å². The molecule has 11 heavy (non-hydrogen) atoms. The van der Waals surface area contributed by atoms with Gasteiger partial charge in [-0.1, -0.05) is 5.92 Å². The summed E-state index contributed by atoms with van der Waals surface area (Å²) in [6.45, 7) is 0. The monoisotopic (exact) mass is 183 g/mol. The standard InChI is InChI=1S/C8H9NS2/c1-3-7(9)6-4-11-5-8(6)10-2/h1,4-5,7H,9H2,2H3. The van der Waals surface area contributed by atoms with E-state index in [9.17, 15) is 0 Å². The Balaban J connectivity index is 2.94. The summed E-state index contributed by atoms with van der Waals surface area (Å²) in [5.74, 6) is 2.51. The van der Waals surface area contributed by atoms with Gasteiger partial charge in [0.1, 0.15) is 0 Å². The minimum Gasteiger partial charge on any atom is -0.314 e. The lowest BCUT2D eigenvalue weighted by Crippen LogP contribution is -2.06. The minimum atomic E-state index is -0.247. The molecule has 0 aliphatic rings. The first-order chi connectivity index (χ1) is 5.29. The van der Waals surface area contributed by atoms with Crippen molar-refractivity contribution in [2.45, 2.75) is 10.9 Å². The lowest BCUT2D eigenvalue weighted by molar-refractivity contribution is 0.927. The summed E-state index contributed by atoms with van der Waals surface area (Å²) in [7, 11) is 0. The molecular weight excluding hydrogens is 174 g/mol. The first kappa shape index (κ1) is 8.66. The summed E-state index contributed by atoms with van der Waals surface area (Å²) in [4.78, 5) is 1.19. The van der Waals surface area contributed by atoms with Crippen molar-refractivity contribution in [3.63, 3.8) is 0 Å². The number of thiophene rings is 1. The van der Waals surface area contributed by atoms with Gasteiger partial charge in [0.2, 0.25) is 0 Å². The number of nitrogens with two attached hydrogens (primary N) is 1. The number of rotatable bonds is 2. The van der Waals surface area contributed by atoms with E-state index in [1.807, 2.05) is 11.6 Å². The van der Waals surface area contributed by atoms with Crippen LogP contribution in [0, 0.1) is 12.3 Å². The fourth-order valence-electron chi connectivity index (χ4n) is 0.778. The molecule has 3 heteroatoms. The first-order valence-electron chi connectivity index (χ1n) is 3.11. The summed E-state index contributed by atoms with van der Waals surface area (Å²) < 4.78 is 0. The Bertz CT molecular complexity index is 272.